The zero-order valence-corrected chi connectivity index (χ0v) is 20.3. The normalized spacial score (nSPS) is 20.0. The van der Waals surface area contributed by atoms with Gasteiger partial charge in [-0.3, -0.25) is 9.59 Å². The molecule has 2 aliphatic carbocycles. The van der Waals surface area contributed by atoms with Crippen LogP contribution in [0, 0.1) is 17.8 Å². The predicted molar refractivity (Wildman–Crippen MR) is 133 cm³/mol. The summed E-state index contributed by atoms with van der Waals surface area (Å²) in [4.78, 5) is 37.1. The van der Waals surface area contributed by atoms with E-state index in [1.165, 1.54) is 0 Å². The first kappa shape index (κ1) is 24.8. The van der Waals surface area contributed by atoms with Crippen LogP contribution in [0.3, 0.4) is 0 Å². The molecule has 2 aromatic rings. The van der Waals surface area contributed by atoms with Crippen molar-refractivity contribution in [3.05, 3.63) is 59.7 Å². The smallest absolute Gasteiger partial charge is 0.407 e. The average molecular weight is 479 g/mol. The molecule has 2 amide bonds. The van der Waals surface area contributed by atoms with Crippen molar-refractivity contribution in [3.8, 4) is 11.1 Å². The van der Waals surface area contributed by atoms with Gasteiger partial charge >= 0.3 is 12.1 Å². The minimum atomic E-state index is -0.805. The molecule has 0 saturated heterocycles. The summed E-state index contributed by atoms with van der Waals surface area (Å²) in [5, 5.41) is 15.1. The van der Waals surface area contributed by atoms with Crippen molar-refractivity contribution in [2.45, 2.75) is 51.5 Å². The van der Waals surface area contributed by atoms with E-state index in [0.29, 0.717) is 13.0 Å². The molecule has 1 saturated carbocycles. The Labute approximate surface area is 206 Å². The molecule has 2 aliphatic rings. The standard InChI is InChI=1S/C28H34N2O5/c1-17(2)25(26(31)29-15-18-9-3-4-10-19(18)27(32)33)30-28(34)35-16-24-22-13-7-5-11-20(22)21-12-6-8-14-23(21)24/h5-8,11-14,17-19,24-25H,3-4,9-10,15-16H2,1-2H3,(H,29,31)(H,30,34)(H,32,33)/t18?,19?,25-/m0/s1. The van der Waals surface area contributed by atoms with E-state index in [2.05, 4.69) is 34.9 Å². The lowest BCUT2D eigenvalue weighted by Gasteiger charge is -2.29. The minimum Gasteiger partial charge on any atom is -0.481 e. The van der Waals surface area contributed by atoms with Crippen molar-refractivity contribution in [2.75, 3.05) is 13.2 Å². The van der Waals surface area contributed by atoms with Crippen molar-refractivity contribution in [3.63, 3.8) is 0 Å². The van der Waals surface area contributed by atoms with Gasteiger partial charge in [-0.25, -0.2) is 4.79 Å². The first-order valence-corrected chi connectivity index (χ1v) is 12.5. The van der Waals surface area contributed by atoms with E-state index in [4.69, 9.17) is 4.74 Å². The van der Waals surface area contributed by atoms with Crippen molar-refractivity contribution in [1.82, 2.24) is 10.6 Å². The Morgan fingerprint density at radius 1 is 0.971 bits per heavy atom. The van der Waals surface area contributed by atoms with Crippen LogP contribution in [0.25, 0.3) is 11.1 Å². The second-order valence-corrected chi connectivity index (χ2v) is 9.93. The van der Waals surface area contributed by atoms with Gasteiger partial charge in [0, 0.05) is 12.5 Å². The molecule has 2 aromatic carbocycles. The Morgan fingerprint density at radius 2 is 1.57 bits per heavy atom. The highest BCUT2D eigenvalue weighted by molar-refractivity contribution is 5.86. The second-order valence-electron chi connectivity index (χ2n) is 9.93. The number of rotatable bonds is 8. The monoisotopic (exact) mass is 478 g/mol. The third-order valence-corrected chi connectivity index (χ3v) is 7.33. The predicted octanol–water partition coefficient (Wildman–Crippen LogP) is 4.56. The van der Waals surface area contributed by atoms with Gasteiger partial charge in [-0.05, 0) is 46.9 Å². The number of aliphatic carboxylic acids is 1. The van der Waals surface area contributed by atoms with Crippen LogP contribution in [0.5, 0.6) is 0 Å². The molecule has 0 aromatic heterocycles. The molecule has 3 N–H and O–H groups in total. The molecular formula is C28H34N2O5. The molecule has 2 unspecified atom stereocenters. The van der Waals surface area contributed by atoms with Gasteiger partial charge in [-0.15, -0.1) is 0 Å². The molecule has 0 spiro atoms. The van der Waals surface area contributed by atoms with Crippen LogP contribution in [-0.4, -0.2) is 42.3 Å². The maximum Gasteiger partial charge on any atom is 0.407 e. The zero-order chi connectivity index (χ0) is 24.9. The van der Waals surface area contributed by atoms with Gasteiger partial charge in [0.2, 0.25) is 5.91 Å². The van der Waals surface area contributed by atoms with E-state index >= 15 is 0 Å². The molecule has 4 rings (SSSR count). The second kappa shape index (κ2) is 10.9. The first-order chi connectivity index (χ1) is 16.9. The maximum absolute atomic E-state index is 12.9. The highest BCUT2D eigenvalue weighted by atomic mass is 16.5. The number of amides is 2. The average Bonchev–Trinajstić information content (AvgIpc) is 3.18. The largest absolute Gasteiger partial charge is 0.481 e. The molecule has 186 valence electrons. The highest BCUT2D eigenvalue weighted by Crippen LogP contribution is 2.44. The number of carbonyl (C=O) groups is 3. The number of carboxylic acid groups (broad SMARTS) is 1. The molecule has 0 heterocycles. The number of ether oxygens (including phenoxy) is 1. The van der Waals surface area contributed by atoms with Crippen LogP contribution in [0.4, 0.5) is 4.79 Å². The Balaban J connectivity index is 1.35. The van der Waals surface area contributed by atoms with Gasteiger partial charge < -0.3 is 20.5 Å². The molecule has 35 heavy (non-hydrogen) atoms. The number of nitrogens with one attached hydrogen (secondary N) is 2. The van der Waals surface area contributed by atoms with Gasteiger partial charge in [0.05, 0.1) is 5.92 Å². The van der Waals surface area contributed by atoms with Crippen molar-refractivity contribution < 1.29 is 24.2 Å². The molecule has 1 fully saturated rings. The number of fused-ring (bicyclic) bond motifs is 3. The lowest BCUT2D eigenvalue weighted by atomic mass is 9.79. The van der Waals surface area contributed by atoms with E-state index in [-0.39, 0.29) is 30.3 Å². The van der Waals surface area contributed by atoms with Crippen molar-refractivity contribution >= 4 is 18.0 Å². The van der Waals surface area contributed by atoms with E-state index in [1.807, 2.05) is 38.1 Å². The number of hydrogen-bond donors (Lipinski definition) is 3. The van der Waals surface area contributed by atoms with Crippen LogP contribution in [0.1, 0.15) is 56.6 Å². The summed E-state index contributed by atoms with van der Waals surface area (Å²) in [7, 11) is 0. The third-order valence-electron chi connectivity index (χ3n) is 7.33. The van der Waals surface area contributed by atoms with E-state index < -0.39 is 24.0 Å². The summed E-state index contributed by atoms with van der Waals surface area (Å²) >= 11 is 0. The topological polar surface area (TPSA) is 105 Å². The number of benzene rings is 2. The quantitative estimate of drug-likeness (QED) is 0.516. The fourth-order valence-electron chi connectivity index (χ4n) is 5.42. The Morgan fingerprint density at radius 3 is 2.17 bits per heavy atom. The molecule has 7 heteroatoms. The van der Waals surface area contributed by atoms with E-state index in [1.54, 1.807) is 0 Å². The third kappa shape index (κ3) is 5.50. The fourth-order valence-corrected chi connectivity index (χ4v) is 5.42. The molecule has 3 atom stereocenters. The molecule has 7 nitrogen and oxygen atoms in total. The lowest BCUT2D eigenvalue weighted by molar-refractivity contribution is -0.145. The summed E-state index contributed by atoms with van der Waals surface area (Å²) in [5.41, 5.74) is 4.55. The molecule has 0 radical (unpaired) electrons. The van der Waals surface area contributed by atoms with Crippen LogP contribution < -0.4 is 10.6 Å². The van der Waals surface area contributed by atoms with Crippen LogP contribution >= 0.6 is 0 Å². The Hall–Kier alpha value is -3.35. The number of alkyl carbamates (subject to hydrolysis) is 1. The van der Waals surface area contributed by atoms with Crippen molar-refractivity contribution in [2.24, 2.45) is 17.8 Å². The van der Waals surface area contributed by atoms with Gasteiger partial charge in [0.25, 0.3) is 0 Å². The van der Waals surface area contributed by atoms with Crippen molar-refractivity contribution in [1.29, 1.82) is 0 Å². The number of carbonyl (C=O) groups excluding carboxylic acids is 2. The Bertz CT molecular complexity index is 1040. The SMILES string of the molecule is CC(C)[C@H](NC(=O)OCC1c2ccccc2-c2ccccc21)C(=O)NCC1CCCCC1C(=O)O. The van der Waals surface area contributed by atoms with E-state index in [9.17, 15) is 19.5 Å². The number of hydrogen-bond acceptors (Lipinski definition) is 4. The summed E-state index contributed by atoms with van der Waals surface area (Å²) in [6.45, 7) is 4.18. The molecular weight excluding hydrogens is 444 g/mol. The minimum absolute atomic E-state index is 0.0567. The van der Waals surface area contributed by atoms with Gasteiger partial charge in [0.15, 0.2) is 0 Å². The van der Waals surface area contributed by atoms with Gasteiger partial charge in [-0.2, -0.15) is 0 Å². The van der Waals surface area contributed by atoms with Gasteiger partial charge in [-0.1, -0.05) is 75.2 Å². The summed E-state index contributed by atoms with van der Waals surface area (Å²) in [6.07, 6.45) is 2.65. The lowest BCUT2D eigenvalue weighted by Crippen LogP contribution is -2.51. The highest BCUT2D eigenvalue weighted by Gasteiger charge is 2.33. The van der Waals surface area contributed by atoms with Crippen LogP contribution in [-0.2, 0) is 14.3 Å². The molecule has 0 bridgehead atoms. The van der Waals surface area contributed by atoms with Crippen LogP contribution in [0.15, 0.2) is 48.5 Å². The zero-order valence-electron chi connectivity index (χ0n) is 20.3. The number of carboxylic acids is 1. The maximum atomic E-state index is 12.9. The first-order valence-electron chi connectivity index (χ1n) is 12.5. The molecule has 0 aliphatic heterocycles. The van der Waals surface area contributed by atoms with Gasteiger partial charge in [0.1, 0.15) is 12.6 Å². The fraction of sp³-hybridized carbons (Fsp3) is 0.464. The summed E-state index contributed by atoms with van der Waals surface area (Å²) < 4.78 is 5.61. The Kier molecular flexibility index (Phi) is 7.73. The van der Waals surface area contributed by atoms with E-state index in [0.717, 1.165) is 41.5 Å². The summed E-state index contributed by atoms with van der Waals surface area (Å²) in [6, 6.07) is 15.5. The van der Waals surface area contributed by atoms with Crippen LogP contribution in [0.2, 0.25) is 0 Å². The summed E-state index contributed by atoms with van der Waals surface area (Å²) in [5.74, 6) is -1.86.